The number of hydrogen-bond donors (Lipinski definition) is 3. The van der Waals surface area contributed by atoms with Gasteiger partial charge in [-0.25, -0.2) is 0 Å². The highest BCUT2D eigenvalue weighted by molar-refractivity contribution is 5.90. The second-order valence-corrected chi connectivity index (χ2v) is 7.46. The normalized spacial score (nSPS) is 22.6. The van der Waals surface area contributed by atoms with Crippen molar-refractivity contribution in [2.45, 2.75) is 50.9 Å². The predicted octanol–water partition coefficient (Wildman–Crippen LogP) is 1.38. The second-order valence-electron chi connectivity index (χ2n) is 7.46. The number of rotatable bonds is 6. The van der Waals surface area contributed by atoms with Gasteiger partial charge >= 0.3 is 0 Å². The number of H-pyrrole nitrogens is 1. The average molecular weight is 347 g/mol. The molecule has 0 bridgehead atoms. The third kappa shape index (κ3) is 5.04. The molecule has 2 aliphatic rings. The maximum absolute atomic E-state index is 12.3. The zero-order chi connectivity index (χ0) is 17.6. The van der Waals surface area contributed by atoms with Gasteiger partial charge in [0.2, 0.25) is 5.91 Å². The van der Waals surface area contributed by atoms with Crippen LogP contribution in [0.3, 0.4) is 0 Å². The molecule has 2 heterocycles. The lowest BCUT2D eigenvalue weighted by molar-refractivity contribution is -0.122. The van der Waals surface area contributed by atoms with E-state index in [1.54, 1.807) is 6.07 Å². The average Bonchev–Trinajstić information content (AvgIpc) is 3.12. The van der Waals surface area contributed by atoms with Crippen molar-refractivity contribution in [3.05, 3.63) is 17.5 Å². The fraction of sp³-hybridized carbons (Fsp3) is 0.722. The van der Waals surface area contributed by atoms with Crippen LogP contribution in [-0.4, -0.2) is 53.1 Å². The molecule has 1 aromatic heterocycles. The zero-order valence-corrected chi connectivity index (χ0v) is 14.8. The standard InChI is InChI=1S/C18H29N5O2/c19-18(25)16-9-15(21-22-16)14-7-4-8-23(11-14)12-17(24)20-10-13-5-2-1-3-6-13/h9,13-14H,1-8,10-12H2,(H2,19,25)(H,20,24)(H,21,22)/t14-/m0/s1. The number of aromatic nitrogens is 2. The third-order valence-electron chi connectivity index (χ3n) is 5.48. The molecular formula is C18H29N5O2. The lowest BCUT2D eigenvalue weighted by Gasteiger charge is -2.31. The summed E-state index contributed by atoms with van der Waals surface area (Å²) in [6, 6.07) is 1.74. The molecule has 1 atom stereocenters. The molecule has 1 saturated carbocycles. The fourth-order valence-corrected chi connectivity index (χ4v) is 4.03. The maximum Gasteiger partial charge on any atom is 0.269 e. The number of nitrogens with one attached hydrogen (secondary N) is 2. The van der Waals surface area contributed by atoms with Crippen LogP contribution in [0.25, 0.3) is 0 Å². The van der Waals surface area contributed by atoms with E-state index >= 15 is 0 Å². The first kappa shape index (κ1) is 17.9. The van der Waals surface area contributed by atoms with E-state index in [0.29, 0.717) is 12.5 Å². The highest BCUT2D eigenvalue weighted by atomic mass is 16.2. The van der Waals surface area contributed by atoms with E-state index in [0.717, 1.165) is 38.2 Å². The number of nitrogens with two attached hydrogens (primary N) is 1. The molecule has 138 valence electrons. The Kier molecular flexibility index (Phi) is 6.07. The van der Waals surface area contributed by atoms with E-state index in [-0.39, 0.29) is 17.5 Å². The highest BCUT2D eigenvalue weighted by Crippen LogP contribution is 2.26. The number of aromatic amines is 1. The molecule has 0 aromatic carbocycles. The number of nitrogens with zero attached hydrogens (tertiary/aromatic N) is 2. The van der Waals surface area contributed by atoms with Crippen LogP contribution in [0.4, 0.5) is 0 Å². The summed E-state index contributed by atoms with van der Waals surface area (Å²) in [5.74, 6) is 0.524. The number of primary amides is 1. The highest BCUT2D eigenvalue weighted by Gasteiger charge is 2.25. The van der Waals surface area contributed by atoms with Crippen LogP contribution in [0, 0.1) is 5.92 Å². The molecule has 7 heteroatoms. The van der Waals surface area contributed by atoms with Gasteiger partial charge in [-0.15, -0.1) is 0 Å². The number of hydrogen-bond acceptors (Lipinski definition) is 4. The SMILES string of the molecule is NC(=O)c1cc([C@H]2CCCN(CC(=O)NCC3CCCCC3)C2)[nH]n1. The van der Waals surface area contributed by atoms with Crippen molar-refractivity contribution in [2.75, 3.05) is 26.2 Å². The van der Waals surface area contributed by atoms with Crippen molar-refractivity contribution < 1.29 is 9.59 Å². The number of likely N-dealkylation sites (tertiary alicyclic amines) is 1. The van der Waals surface area contributed by atoms with Crippen molar-refractivity contribution in [1.82, 2.24) is 20.4 Å². The van der Waals surface area contributed by atoms with Crippen molar-refractivity contribution in [1.29, 1.82) is 0 Å². The van der Waals surface area contributed by atoms with E-state index in [1.165, 1.54) is 32.1 Å². The van der Waals surface area contributed by atoms with Gasteiger partial charge in [0.1, 0.15) is 5.69 Å². The van der Waals surface area contributed by atoms with Crippen molar-refractivity contribution in [3.8, 4) is 0 Å². The van der Waals surface area contributed by atoms with Crippen molar-refractivity contribution >= 4 is 11.8 Å². The van der Waals surface area contributed by atoms with Gasteiger partial charge in [-0.3, -0.25) is 19.6 Å². The molecule has 7 nitrogen and oxygen atoms in total. The summed E-state index contributed by atoms with van der Waals surface area (Å²) in [6.07, 6.45) is 8.48. The molecular weight excluding hydrogens is 318 g/mol. The van der Waals surface area contributed by atoms with Gasteiger partial charge in [0, 0.05) is 24.7 Å². The van der Waals surface area contributed by atoms with Gasteiger partial charge in [-0.2, -0.15) is 5.10 Å². The molecule has 25 heavy (non-hydrogen) atoms. The molecule has 4 N–H and O–H groups in total. The number of piperidine rings is 1. The van der Waals surface area contributed by atoms with Gasteiger partial charge in [-0.1, -0.05) is 19.3 Å². The van der Waals surface area contributed by atoms with E-state index < -0.39 is 5.91 Å². The smallest absolute Gasteiger partial charge is 0.269 e. The lowest BCUT2D eigenvalue weighted by atomic mass is 9.89. The minimum absolute atomic E-state index is 0.119. The van der Waals surface area contributed by atoms with Crippen molar-refractivity contribution in [3.63, 3.8) is 0 Å². The fourth-order valence-electron chi connectivity index (χ4n) is 4.03. The Morgan fingerprint density at radius 1 is 1.24 bits per heavy atom. The molecule has 1 aromatic rings. The van der Waals surface area contributed by atoms with E-state index in [9.17, 15) is 9.59 Å². The van der Waals surface area contributed by atoms with Crippen molar-refractivity contribution in [2.24, 2.45) is 11.7 Å². The molecule has 2 fully saturated rings. The Labute approximate surface area is 148 Å². The van der Waals surface area contributed by atoms with E-state index in [4.69, 9.17) is 5.73 Å². The molecule has 3 rings (SSSR count). The zero-order valence-electron chi connectivity index (χ0n) is 14.8. The van der Waals surface area contributed by atoms with Gasteiger partial charge < -0.3 is 11.1 Å². The summed E-state index contributed by atoms with van der Waals surface area (Å²) < 4.78 is 0. The summed E-state index contributed by atoms with van der Waals surface area (Å²) >= 11 is 0. The molecule has 1 aliphatic carbocycles. The Bertz CT molecular complexity index is 594. The molecule has 1 saturated heterocycles. The van der Waals surface area contributed by atoms with Gasteiger partial charge in [-0.05, 0) is 44.2 Å². The Morgan fingerprint density at radius 2 is 2.04 bits per heavy atom. The lowest BCUT2D eigenvalue weighted by Crippen LogP contribution is -2.43. The van der Waals surface area contributed by atoms with E-state index in [2.05, 4.69) is 20.4 Å². The Balaban J connectivity index is 1.45. The second kappa shape index (κ2) is 8.47. The van der Waals surface area contributed by atoms with Crippen LogP contribution < -0.4 is 11.1 Å². The third-order valence-corrected chi connectivity index (χ3v) is 5.48. The first-order chi connectivity index (χ1) is 12.1. The van der Waals surface area contributed by atoms with Crippen LogP contribution in [0.5, 0.6) is 0 Å². The van der Waals surface area contributed by atoms with Gasteiger partial charge in [0.25, 0.3) is 5.91 Å². The molecule has 2 amide bonds. The monoisotopic (exact) mass is 347 g/mol. The van der Waals surface area contributed by atoms with Gasteiger partial charge in [0.05, 0.1) is 6.54 Å². The van der Waals surface area contributed by atoms with Gasteiger partial charge in [0.15, 0.2) is 0 Å². The summed E-state index contributed by atoms with van der Waals surface area (Å²) in [7, 11) is 0. The summed E-state index contributed by atoms with van der Waals surface area (Å²) in [4.78, 5) is 25.6. The Morgan fingerprint density at radius 3 is 2.76 bits per heavy atom. The van der Waals surface area contributed by atoms with Crippen LogP contribution in [0.15, 0.2) is 6.07 Å². The number of carbonyl (C=O) groups excluding carboxylic acids is 2. The predicted molar refractivity (Wildman–Crippen MR) is 95.1 cm³/mol. The van der Waals surface area contributed by atoms with E-state index in [1.807, 2.05) is 0 Å². The minimum atomic E-state index is -0.516. The van der Waals surface area contributed by atoms with Crippen LogP contribution in [0.1, 0.15) is 67.0 Å². The quantitative estimate of drug-likeness (QED) is 0.723. The summed E-state index contributed by atoms with van der Waals surface area (Å²) in [5.41, 5.74) is 6.47. The Hall–Kier alpha value is -1.89. The maximum atomic E-state index is 12.3. The largest absolute Gasteiger partial charge is 0.364 e. The summed E-state index contributed by atoms with van der Waals surface area (Å²) in [5, 5.41) is 9.99. The molecule has 0 unspecified atom stereocenters. The van der Waals surface area contributed by atoms with Crippen LogP contribution in [-0.2, 0) is 4.79 Å². The molecule has 0 radical (unpaired) electrons. The number of carbonyl (C=O) groups is 2. The number of amides is 2. The first-order valence-corrected chi connectivity index (χ1v) is 9.46. The first-order valence-electron chi connectivity index (χ1n) is 9.46. The molecule has 1 aliphatic heterocycles. The van der Waals surface area contributed by atoms with Crippen LogP contribution >= 0.6 is 0 Å². The van der Waals surface area contributed by atoms with Crippen LogP contribution in [0.2, 0.25) is 0 Å². The molecule has 0 spiro atoms. The minimum Gasteiger partial charge on any atom is -0.364 e. The summed E-state index contributed by atoms with van der Waals surface area (Å²) in [6.45, 7) is 3.00. The topological polar surface area (TPSA) is 104 Å².